The lowest BCUT2D eigenvalue weighted by atomic mass is 10.3. The Hall–Kier alpha value is -2.80. The van der Waals surface area contributed by atoms with Gasteiger partial charge in [-0.15, -0.1) is 10.2 Å². The highest BCUT2D eigenvalue weighted by Crippen LogP contribution is 2.26. The van der Waals surface area contributed by atoms with Crippen molar-refractivity contribution in [1.29, 1.82) is 0 Å². The normalized spacial score (nSPS) is 11.9. The number of hydrogen-bond donors (Lipinski definition) is 1. The average molecular weight is 355 g/mol. The van der Waals surface area contributed by atoms with Crippen molar-refractivity contribution >= 4 is 17.7 Å². The number of carbonyl (C=O) groups is 1. The van der Waals surface area contributed by atoms with Crippen LogP contribution in [0, 0.1) is 0 Å². The molecule has 1 atom stereocenters. The van der Waals surface area contributed by atoms with Gasteiger partial charge in [0, 0.05) is 5.69 Å². The molecule has 128 valence electrons. The molecular weight excluding hydrogens is 338 g/mol. The lowest BCUT2D eigenvalue weighted by Crippen LogP contribution is -2.13. The number of hydrogen-bond acceptors (Lipinski definition) is 5. The molecule has 0 unspecified atom stereocenters. The minimum Gasteiger partial charge on any atom is -0.486 e. The quantitative estimate of drug-likeness (QED) is 0.655. The first-order chi connectivity index (χ1) is 12.1. The van der Waals surface area contributed by atoms with Crippen LogP contribution in [0.1, 0.15) is 12.7 Å². The van der Waals surface area contributed by atoms with Gasteiger partial charge in [0.1, 0.15) is 17.6 Å². The summed E-state index contributed by atoms with van der Waals surface area (Å²) in [6.07, 6.45) is 0. The largest absolute Gasteiger partial charge is 0.486 e. The van der Waals surface area contributed by atoms with Gasteiger partial charge in [-0.3, -0.25) is 9.36 Å². The van der Waals surface area contributed by atoms with Crippen molar-refractivity contribution in [2.45, 2.75) is 23.9 Å². The summed E-state index contributed by atoms with van der Waals surface area (Å²) in [5.74, 6) is 0.447. The maximum Gasteiger partial charge on any atom is 0.316 e. The Morgan fingerprint density at radius 2 is 1.76 bits per heavy atom. The third-order valence-electron chi connectivity index (χ3n) is 3.46. The summed E-state index contributed by atoms with van der Waals surface area (Å²) in [6.45, 7) is 1.85. The number of para-hydroxylation sites is 2. The number of aliphatic carboxylic acids is 1. The fourth-order valence-corrected chi connectivity index (χ4v) is 3.00. The van der Waals surface area contributed by atoms with E-state index in [9.17, 15) is 4.79 Å². The highest BCUT2D eigenvalue weighted by atomic mass is 32.2. The summed E-state index contributed by atoms with van der Waals surface area (Å²) >= 11 is 1.15. The number of nitrogens with zero attached hydrogens (tertiary/aromatic N) is 3. The van der Waals surface area contributed by atoms with Crippen LogP contribution in [0.4, 0.5) is 0 Å². The van der Waals surface area contributed by atoms with Gasteiger partial charge in [-0.05, 0) is 31.2 Å². The maximum absolute atomic E-state index is 11.2. The molecule has 3 aromatic rings. The molecule has 7 heteroatoms. The third kappa shape index (κ3) is 4.19. The molecule has 0 amide bonds. The Labute approximate surface area is 149 Å². The fourth-order valence-electron chi connectivity index (χ4n) is 2.18. The maximum atomic E-state index is 11.2. The zero-order chi connectivity index (χ0) is 17.6. The summed E-state index contributed by atoms with van der Waals surface area (Å²) in [6, 6.07) is 19.0. The van der Waals surface area contributed by atoms with Crippen LogP contribution in [-0.2, 0) is 11.4 Å². The van der Waals surface area contributed by atoms with Crippen LogP contribution in [0.15, 0.2) is 65.8 Å². The average Bonchev–Trinajstić information content (AvgIpc) is 3.04. The van der Waals surface area contributed by atoms with Crippen LogP contribution in [0.3, 0.4) is 0 Å². The first-order valence-electron chi connectivity index (χ1n) is 7.72. The Kier molecular flexibility index (Phi) is 5.35. The molecule has 1 N–H and O–H groups in total. The molecule has 1 aromatic heterocycles. The minimum absolute atomic E-state index is 0.230. The van der Waals surface area contributed by atoms with Crippen LogP contribution in [0.2, 0.25) is 0 Å². The van der Waals surface area contributed by atoms with Gasteiger partial charge in [-0.2, -0.15) is 0 Å². The Morgan fingerprint density at radius 3 is 2.40 bits per heavy atom. The summed E-state index contributed by atoms with van der Waals surface area (Å²) in [7, 11) is 0. The van der Waals surface area contributed by atoms with Crippen LogP contribution >= 0.6 is 11.8 Å². The molecule has 0 spiro atoms. The highest BCUT2D eigenvalue weighted by molar-refractivity contribution is 8.00. The molecule has 2 aromatic carbocycles. The highest BCUT2D eigenvalue weighted by Gasteiger charge is 2.20. The molecule has 0 aliphatic carbocycles. The smallest absolute Gasteiger partial charge is 0.316 e. The number of thioether (sulfide) groups is 1. The van der Waals surface area contributed by atoms with Crippen molar-refractivity contribution in [3.63, 3.8) is 0 Å². The van der Waals surface area contributed by atoms with Gasteiger partial charge in [0.25, 0.3) is 0 Å². The lowest BCUT2D eigenvalue weighted by Gasteiger charge is -2.12. The van der Waals surface area contributed by atoms with Gasteiger partial charge >= 0.3 is 5.97 Å². The zero-order valence-electron chi connectivity index (χ0n) is 13.6. The summed E-state index contributed by atoms with van der Waals surface area (Å²) < 4.78 is 7.60. The first-order valence-corrected chi connectivity index (χ1v) is 8.60. The van der Waals surface area contributed by atoms with E-state index in [1.165, 1.54) is 0 Å². The Balaban J connectivity index is 1.89. The van der Waals surface area contributed by atoms with Crippen molar-refractivity contribution in [3.8, 4) is 11.4 Å². The number of carboxylic acid groups (broad SMARTS) is 1. The fraction of sp³-hybridized carbons (Fsp3) is 0.167. The number of ether oxygens (including phenoxy) is 1. The van der Waals surface area contributed by atoms with E-state index in [-0.39, 0.29) is 6.61 Å². The van der Waals surface area contributed by atoms with Gasteiger partial charge in [0.15, 0.2) is 11.0 Å². The minimum atomic E-state index is -0.894. The van der Waals surface area contributed by atoms with Gasteiger partial charge in [-0.25, -0.2) is 0 Å². The molecule has 0 bridgehead atoms. The molecule has 0 fully saturated rings. The van der Waals surface area contributed by atoms with Crippen LogP contribution in [0.5, 0.6) is 5.75 Å². The van der Waals surface area contributed by atoms with E-state index in [1.807, 2.05) is 65.2 Å². The second kappa shape index (κ2) is 7.85. The third-order valence-corrected chi connectivity index (χ3v) is 4.49. The molecule has 0 radical (unpaired) electrons. The number of rotatable bonds is 7. The molecule has 0 aliphatic heterocycles. The van der Waals surface area contributed by atoms with Crippen LogP contribution in [0.25, 0.3) is 5.69 Å². The molecule has 0 aliphatic rings. The Morgan fingerprint density at radius 1 is 1.12 bits per heavy atom. The van der Waals surface area contributed by atoms with Crippen LogP contribution < -0.4 is 4.74 Å². The standard InChI is InChI=1S/C18H17N3O3S/c1-13(17(22)23)25-18-20-19-16(12-24-15-10-6-3-7-11-15)21(18)14-8-4-2-5-9-14/h2-11,13H,12H2,1H3,(H,22,23)/t13-/m1/s1. The van der Waals surface area contributed by atoms with E-state index in [4.69, 9.17) is 9.84 Å². The van der Waals surface area contributed by atoms with E-state index < -0.39 is 11.2 Å². The summed E-state index contributed by atoms with van der Waals surface area (Å²) in [5.41, 5.74) is 0.860. The van der Waals surface area contributed by atoms with Crippen molar-refractivity contribution in [2.75, 3.05) is 0 Å². The molecule has 25 heavy (non-hydrogen) atoms. The van der Waals surface area contributed by atoms with Gasteiger partial charge in [0.2, 0.25) is 0 Å². The number of aromatic nitrogens is 3. The number of benzene rings is 2. The van der Waals surface area contributed by atoms with Crippen molar-refractivity contribution in [3.05, 3.63) is 66.5 Å². The van der Waals surface area contributed by atoms with E-state index in [0.29, 0.717) is 11.0 Å². The predicted octanol–water partition coefficient (Wildman–Crippen LogP) is 3.41. The van der Waals surface area contributed by atoms with Crippen molar-refractivity contribution < 1.29 is 14.6 Å². The molecule has 6 nitrogen and oxygen atoms in total. The van der Waals surface area contributed by atoms with Gasteiger partial charge < -0.3 is 9.84 Å². The monoisotopic (exact) mass is 355 g/mol. The van der Waals surface area contributed by atoms with E-state index in [2.05, 4.69) is 10.2 Å². The Bertz CT molecular complexity index is 837. The zero-order valence-corrected chi connectivity index (χ0v) is 14.4. The molecule has 3 rings (SSSR count). The second-order valence-corrected chi connectivity index (χ2v) is 6.58. The SMILES string of the molecule is C[C@@H](Sc1nnc(COc2ccccc2)n1-c1ccccc1)C(=O)O. The molecule has 0 saturated carbocycles. The van der Waals surface area contributed by atoms with Gasteiger partial charge in [0.05, 0.1) is 0 Å². The van der Waals surface area contributed by atoms with E-state index in [0.717, 1.165) is 23.2 Å². The predicted molar refractivity (Wildman–Crippen MR) is 95.1 cm³/mol. The molecular formula is C18H17N3O3S. The number of carboxylic acids is 1. The van der Waals surface area contributed by atoms with E-state index >= 15 is 0 Å². The van der Waals surface area contributed by atoms with Crippen molar-refractivity contribution in [1.82, 2.24) is 14.8 Å². The van der Waals surface area contributed by atoms with E-state index in [1.54, 1.807) is 6.92 Å². The topological polar surface area (TPSA) is 77.2 Å². The molecule has 1 heterocycles. The lowest BCUT2D eigenvalue weighted by molar-refractivity contribution is -0.136. The van der Waals surface area contributed by atoms with Gasteiger partial charge in [-0.1, -0.05) is 48.2 Å². The first kappa shape index (κ1) is 17.0. The van der Waals surface area contributed by atoms with Crippen molar-refractivity contribution in [2.24, 2.45) is 0 Å². The second-order valence-electron chi connectivity index (χ2n) is 5.27. The summed E-state index contributed by atoms with van der Waals surface area (Å²) in [5, 5.41) is 17.4. The molecule has 0 saturated heterocycles. The van der Waals surface area contributed by atoms with Crippen LogP contribution in [-0.4, -0.2) is 31.1 Å². The summed E-state index contributed by atoms with van der Waals surface area (Å²) in [4.78, 5) is 11.2.